The first-order valence-electron chi connectivity index (χ1n) is 15.4. The summed E-state index contributed by atoms with van der Waals surface area (Å²) in [7, 11) is -8.82. The molecule has 5 aromatic carbocycles. The fourth-order valence-corrected chi connectivity index (χ4v) is 7.13. The van der Waals surface area contributed by atoms with Gasteiger partial charge in [-0.3, -0.25) is 18.9 Å². The molecule has 318 valence electrons. The molecule has 0 fully saturated rings. The molecule has 60 heavy (non-hydrogen) atoms. The van der Waals surface area contributed by atoms with Crippen molar-refractivity contribution in [2.75, 3.05) is 12.4 Å². The zero-order valence-electron chi connectivity index (χ0n) is 29.1. The van der Waals surface area contributed by atoms with Crippen LogP contribution < -0.4 is 0 Å². The van der Waals surface area contributed by atoms with E-state index in [1.54, 1.807) is 0 Å². The number of azo groups is 3. The minimum absolute atomic E-state index is 0. The molecule has 0 spiro atoms. The number of benzene rings is 5. The van der Waals surface area contributed by atoms with Crippen molar-refractivity contribution < 1.29 is 97.2 Å². The van der Waals surface area contributed by atoms with Crippen molar-refractivity contribution in [1.29, 1.82) is 0 Å². The number of nitrogens with zero attached hydrogens (tertiary/aromatic N) is 7. The van der Waals surface area contributed by atoms with E-state index in [1.807, 2.05) is 0 Å². The fourth-order valence-electron chi connectivity index (χ4n) is 4.69. The van der Waals surface area contributed by atoms with Crippen LogP contribution in [0.15, 0.2) is 118 Å². The van der Waals surface area contributed by atoms with Crippen molar-refractivity contribution in [1.82, 2.24) is 0 Å². The summed E-state index contributed by atoms with van der Waals surface area (Å²) >= 11 is 0.473. The van der Waals surface area contributed by atoms with E-state index in [1.165, 1.54) is 30.3 Å². The second-order valence-corrected chi connectivity index (χ2v) is 15.8. The molecule has 0 heterocycles. The van der Waals surface area contributed by atoms with E-state index in [0.717, 1.165) is 42.5 Å². The number of sulfone groups is 1. The van der Waals surface area contributed by atoms with E-state index in [4.69, 9.17) is 14.7 Å². The van der Waals surface area contributed by atoms with Crippen molar-refractivity contribution in [2.45, 2.75) is 14.7 Å². The molecule has 25 nitrogen and oxygen atoms in total. The molecule has 0 unspecified atom stereocenters. The van der Waals surface area contributed by atoms with Crippen LogP contribution >= 0.6 is 24.4 Å². The van der Waals surface area contributed by atoms with Crippen LogP contribution in [0.2, 0.25) is 0 Å². The van der Waals surface area contributed by atoms with Crippen LogP contribution in [-0.2, 0) is 60.0 Å². The van der Waals surface area contributed by atoms with E-state index < -0.39 is 87.0 Å². The molecular weight excluding hydrogens is 930 g/mol. The zero-order valence-corrected chi connectivity index (χ0v) is 33.5. The Morgan fingerprint density at radius 1 is 0.683 bits per heavy atom. The second kappa shape index (κ2) is 20.7. The quantitative estimate of drug-likeness (QED) is 0.00634. The van der Waals surface area contributed by atoms with Crippen molar-refractivity contribution in [3.8, 4) is 23.0 Å². The Kier molecular flexibility index (Phi) is 16.3. The largest absolute Gasteiger partial charge is 0.505 e. The molecule has 0 amide bonds. The molecule has 0 aliphatic carbocycles. The number of nitro groups is 1. The van der Waals surface area contributed by atoms with Gasteiger partial charge >= 0.3 is 0 Å². The predicted molar refractivity (Wildman–Crippen MR) is 200 cm³/mol. The Bertz CT molecular complexity index is 2710. The molecule has 0 saturated heterocycles. The first kappa shape index (κ1) is 47.2. The molecule has 7 N–H and O–H groups in total. The van der Waals surface area contributed by atoms with E-state index >= 15 is 0 Å². The van der Waals surface area contributed by atoms with Crippen LogP contribution in [0.25, 0.3) is 10.8 Å². The van der Waals surface area contributed by atoms with E-state index in [0.29, 0.717) is 0 Å². The van der Waals surface area contributed by atoms with Crippen molar-refractivity contribution in [3.63, 3.8) is 0 Å². The monoisotopic (exact) mass is 953 g/mol. The van der Waals surface area contributed by atoms with Crippen molar-refractivity contribution in [2.24, 2.45) is 30.7 Å². The Balaban J connectivity index is 0.00000794. The number of fused-ring (bicyclic) bond motifs is 1. The first-order chi connectivity index (χ1) is 28.0. The third-order valence-electron chi connectivity index (χ3n) is 7.36. The molecule has 0 atom stereocenters. The number of hydrogen-bond acceptors (Lipinski definition) is 25. The average molecular weight is 954 g/mol. The molecule has 30 heteroatoms. The molecule has 5 aromatic rings. The normalized spacial score (nSPS) is 12.2. The summed E-state index contributed by atoms with van der Waals surface area (Å²) in [5.41, 5.74) is -2.56. The SMILES string of the molecule is O=[N+]([O-])c1ccc(N=Nc2c(O)ccc(N=Nc3cc(S(=O)(=O)O)cc4cc(SOOO)c(N=Nc5ccc(S(=O)(=O)CCOSOOO)cc5)c(O)c34)c2O)c(O)c1.[Fe]. The number of hydrogen-bond donors (Lipinski definition) is 7. The van der Waals surface area contributed by atoms with E-state index in [-0.39, 0.29) is 80.0 Å². The Morgan fingerprint density at radius 3 is 1.98 bits per heavy atom. The van der Waals surface area contributed by atoms with Crippen LogP contribution in [0, 0.1) is 10.1 Å². The number of non-ortho nitro benzene ring substituents is 1. The summed E-state index contributed by atoms with van der Waals surface area (Å²) in [6.07, 6.45) is 0. The van der Waals surface area contributed by atoms with Gasteiger partial charge in [0, 0.05) is 23.1 Å². The van der Waals surface area contributed by atoms with Gasteiger partial charge in [-0.15, -0.1) is 34.2 Å². The third-order valence-corrected chi connectivity index (χ3v) is 10.9. The predicted octanol–water partition coefficient (Wildman–Crippen LogP) is 8.26. The molecular formula is C30H23FeN7O18S4. The van der Waals surface area contributed by atoms with Crippen molar-refractivity contribution >= 4 is 94.9 Å². The van der Waals surface area contributed by atoms with Crippen LogP contribution in [-0.4, -0.2) is 69.6 Å². The first-order valence-corrected chi connectivity index (χ1v) is 19.9. The molecule has 0 aromatic heterocycles. The van der Waals surface area contributed by atoms with Gasteiger partial charge in [0.2, 0.25) is 0 Å². The van der Waals surface area contributed by atoms with E-state index in [9.17, 15) is 51.9 Å². The average Bonchev–Trinajstić information content (AvgIpc) is 3.19. The van der Waals surface area contributed by atoms with Gasteiger partial charge in [0.25, 0.3) is 15.8 Å². The summed E-state index contributed by atoms with van der Waals surface area (Å²) in [5, 5.41) is 101. The summed E-state index contributed by atoms with van der Waals surface area (Å²) in [6, 6.07) is 12.7. The summed E-state index contributed by atoms with van der Waals surface area (Å²) in [4.78, 5) is 9.16. The standard InChI is InChI=1S/C30H23N7O18S4.Fe/c38-23-8-7-21(29(40)27(23)35-32-20-6-3-17(37(42)43)13-24(20)39)33-34-22-14-19(59(48,49)50)11-15-12-25(56-54-52-44)28(30(41)26(15)22)36-31-16-1-4-18(5-2-16)58(46,47)10-9-51-57-55-53-45;/h1-8,11-14,38-41,44-45H,9-10H2,(H,48,49,50);. The third kappa shape index (κ3) is 11.6. The number of nitro benzene ring substituents is 1. The van der Waals surface area contributed by atoms with Gasteiger partial charge < -0.3 is 20.4 Å². The summed E-state index contributed by atoms with van der Waals surface area (Å²) in [5.74, 6) is -3.38. The van der Waals surface area contributed by atoms with Crippen LogP contribution in [0.1, 0.15) is 0 Å². The molecule has 0 bridgehead atoms. The molecule has 5 rings (SSSR count). The van der Waals surface area contributed by atoms with Gasteiger partial charge in [0.05, 0.1) is 66.8 Å². The van der Waals surface area contributed by atoms with Gasteiger partial charge in [-0.1, -0.05) is 10.1 Å². The molecule has 0 aliphatic rings. The second-order valence-electron chi connectivity index (χ2n) is 11.0. The van der Waals surface area contributed by atoms with Crippen LogP contribution in [0.5, 0.6) is 23.0 Å². The molecule has 0 aliphatic heterocycles. The number of phenolic OH excluding ortho intramolecular Hbond substituents is 4. The van der Waals surface area contributed by atoms with Crippen LogP contribution in [0.3, 0.4) is 0 Å². The van der Waals surface area contributed by atoms with Gasteiger partial charge in [-0.05, 0) is 66.0 Å². The maximum atomic E-state index is 12.6. The minimum atomic E-state index is -4.95. The topological polar surface area (TPSA) is 373 Å². The summed E-state index contributed by atoms with van der Waals surface area (Å²) < 4.78 is 72.9. The maximum Gasteiger partial charge on any atom is 0.294 e. The van der Waals surface area contributed by atoms with E-state index in [2.05, 4.69) is 49.4 Å². The van der Waals surface area contributed by atoms with Crippen molar-refractivity contribution in [3.05, 3.63) is 82.9 Å². The van der Waals surface area contributed by atoms with Gasteiger partial charge in [-0.25, -0.2) is 18.9 Å². The van der Waals surface area contributed by atoms with Gasteiger partial charge in [-0.2, -0.15) is 13.5 Å². The Hall–Kier alpha value is -5.44. The zero-order chi connectivity index (χ0) is 42.9. The van der Waals surface area contributed by atoms with Gasteiger partial charge in [0.15, 0.2) is 39.3 Å². The summed E-state index contributed by atoms with van der Waals surface area (Å²) in [6.45, 7) is -0.339. The number of aromatic hydroxyl groups is 4. The smallest absolute Gasteiger partial charge is 0.294 e. The molecule has 0 radical (unpaired) electrons. The fraction of sp³-hybridized carbons (Fsp3) is 0.0667. The number of phenols is 4. The minimum Gasteiger partial charge on any atom is -0.505 e. The maximum absolute atomic E-state index is 12.6. The number of rotatable bonds is 18. The molecule has 0 saturated carbocycles. The Morgan fingerprint density at radius 2 is 1.33 bits per heavy atom. The van der Waals surface area contributed by atoms with Gasteiger partial charge in [0.1, 0.15) is 28.6 Å². The Labute approximate surface area is 354 Å². The van der Waals surface area contributed by atoms with Crippen LogP contribution in [0.4, 0.5) is 39.8 Å².